The maximum atomic E-state index is 2.72. The fraction of sp³-hybridized carbons (Fsp3) is 0.229. The molecule has 0 atom stereocenters. The summed E-state index contributed by atoms with van der Waals surface area (Å²) in [4.78, 5) is 7.85. The molecule has 0 radical (unpaired) electrons. The molecule has 0 unspecified atom stereocenters. The smallest absolute Gasteiger partial charge is 0.252 e. The van der Waals surface area contributed by atoms with Crippen LogP contribution in [0, 0.1) is 0 Å². The number of benzene rings is 9. The molecule has 15 rings (SSSR count). The average Bonchev–Trinajstić information content (AvgIpc) is 3.82. The molecular formula is C70H62BN3S. The molecule has 10 aromatic rings. The van der Waals surface area contributed by atoms with E-state index in [0.717, 1.165) is 19.3 Å². The summed E-state index contributed by atoms with van der Waals surface area (Å²) in [6.07, 6.45) is 4.65. The van der Waals surface area contributed by atoms with Crippen LogP contribution in [0.2, 0.25) is 0 Å². The number of hydrogen-bond donors (Lipinski definition) is 0. The van der Waals surface area contributed by atoms with Gasteiger partial charge in [-0.05, 0) is 181 Å². The van der Waals surface area contributed by atoms with Crippen LogP contribution < -0.4 is 26.2 Å². The van der Waals surface area contributed by atoms with Gasteiger partial charge in [-0.25, -0.2) is 0 Å². The third-order valence-corrected chi connectivity index (χ3v) is 19.8. The SMILES string of the molecule is CC1(C)CCC(C)(C)c2cc(N3c4cc5c(cc4B4c6cc7c8ccccc8n8c7cc6N(c6ccccc6Sc6ccccc6-8)c6cc(-c7cccc(-c8ccccc8)c7)cc3c64)C(C)(C)CCC5(C)C)ccc21. The molecule has 9 aromatic carbocycles. The van der Waals surface area contributed by atoms with E-state index in [1.165, 1.54) is 139 Å². The summed E-state index contributed by atoms with van der Waals surface area (Å²) in [6, 6.07) is 70.6. The van der Waals surface area contributed by atoms with Crippen LogP contribution in [0.1, 0.15) is 103 Å². The van der Waals surface area contributed by atoms with Crippen LogP contribution in [0.3, 0.4) is 0 Å². The zero-order valence-corrected chi connectivity index (χ0v) is 45.3. The lowest BCUT2D eigenvalue weighted by Crippen LogP contribution is -2.62. The Balaban J connectivity index is 1.11. The van der Waals surface area contributed by atoms with Gasteiger partial charge in [0.2, 0.25) is 0 Å². The van der Waals surface area contributed by atoms with Crippen molar-refractivity contribution in [3.63, 3.8) is 0 Å². The number of para-hydroxylation sites is 3. The normalized spacial score (nSPS) is 17.7. The minimum absolute atomic E-state index is 0.0132. The van der Waals surface area contributed by atoms with E-state index >= 15 is 0 Å². The maximum Gasteiger partial charge on any atom is 0.252 e. The van der Waals surface area contributed by atoms with Gasteiger partial charge >= 0.3 is 0 Å². The van der Waals surface area contributed by atoms with Crippen molar-refractivity contribution >= 4 is 90.8 Å². The fourth-order valence-electron chi connectivity index (χ4n) is 14.3. The largest absolute Gasteiger partial charge is 0.311 e. The molecule has 5 heteroatoms. The first-order chi connectivity index (χ1) is 36.1. The summed E-state index contributed by atoms with van der Waals surface area (Å²) < 4.78 is 2.54. The van der Waals surface area contributed by atoms with Crippen molar-refractivity contribution in [3.05, 3.63) is 204 Å². The highest BCUT2D eigenvalue weighted by atomic mass is 32.2. The van der Waals surface area contributed by atoms with Crippen LogP contribution in [-0.2, 0) is 21.7 Å². The number of rotatable bonds is 3. The van der Waals surface area contributed by atoms with E-state index in [9.17, 15) is 0 Å². The molecular weight excluding hydrogens is 926 g/mol. The molecule has 3 nitrogen and oxygen atoms in total. The van der Waals surface area contributed by atoms with Gasteiger partial charge in [0.05, 0.1) is 22.4 Å². The van der Waals surface area contributed by atoms with Crippen molar-refractivity contribution in [2.45, 2.75) is 113 Å². The van der Waals surface area contributed by atoms with Gasteiger partial charge in [-0.3, -0.25) is 0 Å². The molecule has 366 valence electrons. The van der Waals surface area contributed by atoms with E-state index in [0.29, 0.717) is 0 Å². The highest BCUT2D eigenvalue weighted by Crippen LogP contribution is 2.55. The van der Waals surface area contributed by atoms with Gasteiger partial charge < -0.3 is 14.4 Å². The molecule has 3 aliphatic heterocycles. The number of anilines is 6. The molecule has 2 bridgehead atoms. The van der Waals surface area contributed by atoms with Gasteiger partial charge in [0.25, 0.3) is 6.71 Å². The fourth-order valence-corrected chi connectivity index (χ4v) is 15.3. The highest BCUT2D eigenvalue weighted by Gasteiger charge is 2.48. The second kappa shape index (κ2) is 15.7. The Morgan fingerprint density at radius 2 is 0.907 bits per heavy atom. The van der Waals surface area contributed by atoms with Crippen molar-refractivity contribution in [2.75, 3.05) is 9.80 Å². The Bertz CT molecular complexity index is 4080. The van der Waals surface area contributed by atoms with Gasteiger partial charge in [-0.1, -0.05) is 176 Å². The Morgan fingerprint density at radius 1 is 0.360 bits per heavy atom. The molecule has 1 aromatic heterocycles. The Morgan fingerprint density at radius 3 is 1.64 bits per heavy atom. The third-order valence-electron chi connectivity index (χ3n) is 18.7. The van der Waals surface area contributed by atoms with Crippen molar-refractivity contribution in [1.29, 1.82) is 0 Å². The van der Waals surface area contributed by atoms with Gasteiger partial charge in [-0.2, -0.15) is 0 Å². The summed E-state index contributed by atoms with van der Waals surface area (Å²) in [7, 11) is 0. The lowest BCUT2D eigenvalue weighted by molar-refractivity contribution is 0.332. The topological polar surface area (TPSA) is 11.4 Å². The van der Waals surface area contributed by atoms with E-state index in [4.69, 9.17) is 0 Å². The monoisotopic (exact) mass is 987 g/mol. The van der Waals surface area contributed by atoms with E-state index in [-0.39, 0.29) is 28.4 Å². The highest BCUT2D eigenvalue weighted by molar-refractivity contribution is 7.99. The Kier molecular flexibility index (Phi) is 9.45. The number of nitrogens with zero attached hydrogens (tertiary/aromatic N) is 3. The Labute approximate surface area is 447 Å². The summed E-state index contributed by atoms with van der Waals surface area (Å²) in [6.45, 7) is 19.8. The quantitative estimate of drug-likeness (QED) is 0.164. The summed E-state index contributed by atoms with van der Waals surface area (Å²) in [5.41, 5.74) is 26.2. The van der Waals surface area contributed by atoms with Crippen LogP contribution in [0.4, 0.5) is 34.1 Å². The molecule has 0 fully saturated rings. The lowest BCUT2D eigenvalue weighted by Gasteiger charge is -2.48. The van der Waals surface area contributed by atoms with E-state index < -0.39 is 0 Å². The zero-order chi connectivity index (χ0) is 50.9. The molecule has 0 saturated carbocycles. The average molecular weight is 988 g/mol. The predicted octanol–water partition coefficient (Wildman–Crippen LogP) is 17.4. The predicted molar refractivity (Wildman–Crippen MR) is 320 cm³/mol. The van der Waals surface area contributed by atoms with Crippen molar-refractivity contribution in [1.82, 2.24) is 4.57 Å². The van der Waals surface area contributed by atoms with Crippen LogP contribution in [-0.4, -0.2) is 11.3 Å². The minimum Gasteiger partial charge on any atom is -0.311 e. The van der Waals surface area contributed by atoms with Gasteiger partial charge in [0.15, 0.2) is 0 Å². The van der Waals surface area contributed by atoms with E-state index in [1.54, 1.807) is 0 Å². The first kappa shape index (κ1) is 45.2. The van der Waals surface area contributed by atoms with Crippen molar-refractivity contribution in [2.24, 2.45) is 0 Å². The number of hydrogen-bond acceptors (Lipinski definition) is 3. The molecule has 0 spiro atoms. The maximum absolute atomic E-state index is 2.72. The minimum atomic E-state index is -0.0436. The molecule has 4 heterocycles. The second-order valence-electron chi connectivity index (χ2n) is 25.0. The van der Waals surface area contributed by atoms with E-state index in [2.05, 4.69) is 252 Å². The molecule has 0 amide bonds. The van der Waals surface area contributed by atoms with Crippen molar-refractivity contribution < 1.29 is 0 Å². The number of aromatic nitrogens is 1. The first-order valence-corrected chi connectivity index (χ1v) is 28.2. The van der Waals surface area contributed by atoms with Gasteiger partial charge in [0.1, 0.15) is 0 Å². The molecule has 0 N–H and O–H groups in total. The van der Waals surface area contributed by atoms with Crippen LogP contribution in [0.15, 0.2) is 192 Å². The molecule has 0 saturated heterocycles. The third kappa shape index (κ3) is 6.56. The first-order valence-electron chi connectivity index (χ1n) is 27.4. The molecule has 75 heavy (non-hydrogen) atoms. The number of fused-ring (bicyclic) bond motifs is 13. The molecule has 5 aliphatic rings. The van der Waals surface area contributed by atoms with Crippen molar-refractivity contribution in [3.8, 4) is 27.9 Å². The van der Waals surface area contributed by atoms with E-state index in [1.807, 2.05) is 11.8 Å². The summed E-state index contributed by atoms with van der Waals surface area (Å²) >= 11 is 1.88. The van der Waals surface area contributed by atoms with Crippen LogP contribution >= 0.6 is 11.8 Å². The second-order valence-corrected chi connectivity index (χ2v) is 26.1. The van der Waals surface area contributed by atoms with Crippen LogP contribution in [0.25, 0.3) is 49.7 Å². The summed E-state index contributed by atoms with van der Waals surface area (Å²) in [5.74, 6) is 0. The lowest BCUT2D eigenvalue weighted by atomic mass is 9.33. The zero-order valence-electron chi connectivity index (χ0n) is 44.5. The molecule has 2 aliphatic carbocycles. The summed E-state index contributed by atoms with van der Waals surface area (Å²) in [5, 5.41) is 2.57. The Hall–Kier alpha value is -7.21. The standard InChI is InChI=1S/C70H62BN3S/c1-67(2)31-32-68(3,4)51-38-47(29-30-50(51)67)72-60-41-53-52(69(5,6)33-34-70(53,7)8)40-55(60)71-54-39-49-48-23-12-13-24-56(48)73-57-25-14-16-27-64(57)75-65-28-17-15-26-58(65)74(61(54)42-59(49)73)63-37-46(36-62(72)66(63)71)45-22-18-21-44(35-45)43-19-10-9-11-20-43/h9-30,35-42H,31-34H2,1-8H3. The van der Waals surface area contributed by atoms with Gasteiger partial charge in [0, 0.05) is 49.0 Å². The van der Waals surface area contributed by atoms with Crippen LogP contribution in [0.5, 0.6) is 0 Å². The van der Waals surface area contributed by atoms with Gasteiger partial charge in [-0.15, -0.1) is 0 Å².